The van der Waals surface area contributed by atoms with E-state index in [2.05, 4.69) is 10.1 Å². The number of halogens is 2. The molecular formula is C17H10ClFN2O5. The van der Waals surface area contributed by atoms with Crippen molar-refractivity contribution < 1.29 is 27.9 Å². The number of hydrogen-bond acceptors (Lipinski definition) is 7. The van der Waals surface area contributed by atoms with Crippen LogP contribution in [0.4, 0.5) is 4.39 Å². The summed E-state index contributed by atoms with van der Waals surface area (Å²) < 4.78 is 33.8. The summed E-state index contributed by atoms with van der Waals surface area (Å²) in [6.45, 7) is -0.0645. The zero-order chi connectivity index (χ0) is 18.1. The van der Waals surface area contributed by atoms with Gasteiger partial charge in [0.25, 0.3) is 5.89 Å². The van der Waals surface area contributed by atoms with Gasteiger partial charge in [-0.1, -0.05) is 16.8 Å². The molecule has 4 rings (SSSR count). The highest BCUT2D eigenvalue weighted by molar-refractivity contribution is 6.31. The molecule has 0 spiro atoms. The van der Waals surface area contributed by atoms with Gasteiger partial charge in [0.15, 0.2) is 18.1 Å². The summed E-state index contributed by atoms with van der Waals surface area (Å²) in [7, 11) is 0. The van der Waals surface area contributed by atoms with E-state index in [0.717, 1.165) is 6.07 Å². The molecule has 0 amide bonds. The lowest BCUT2D eigenvalue weighted by molar-refractivity contribution is 0.0429. The monoisotopic (exact) mass is 376 g/mol. The molecule has 0 unspecified atom stereocenters. The highest BCUT2D eigenvalue weighted by Crippen LogP contribution is 2.35. The summed E-state index contributed by atoms with van der Waals surface area (Å²) in [5.74, 6) is 0.361. The number of carbonyl (C=O) groups is 1. The lowest BCUT2D eigenvalue weighted by Crippen LogP contribution is -2.05. The predicted molar refractivity (Wildman–Crippen MR) is 86.4 cm³/mol. The van der Waals surface area contributed by atoms with Gasteiger partial charge in [-0.3, -0.25) is 0 Å². The maximum atomic E-state index is 13.1. The first-order valence-electron chi connectivity index (χ1n) is 7.45. The minimum absolute atomic E-state index is 0.110. The van der Waals surface area contributed by atoms with Crippen LogP contribution in [0.5, 0.6) is 11.5 Å². The second-order valence-corrected chi connectivity index (χ2v) is 5.69. The van der Waals surface area contributed by atoms with Crippen LogP contribution < -0.4 is 9.47 Å². The Morgan fingerprint density at radius 2 is 2.04 bits per heavy atom. The van der Waals surface area contributed by atoms with E-state index in [9.17, 15) is 9.18 Å². The van der Waals surface area contributed by atoms with Crippen molar-refractivity contribution in [2.45, 2.75) is 6.61 Å². The molecule has 7 nitrogen and oxygen atoms in total. The molecule has 0 atom stereocenters. The number of ether oxygens (including phenoxy) is 3. The number of fused-ring (bicyclic) bond motifs is 1. The molecule has 26 heavy (non-hydrogen) atoms. The molecule has 1 aromatic heterocycles. The lowest BCUT2D eigenvalue weighted by atomic mass is 10.2. The maximum absolute atomic E-state index is 13.1. The molecule has 1 aliphatic rings. The third kappa shape index (κ3) is 3.18. The average Bonchev–Trinajstić information content (AvgIpc) is 3.30. The number of benzene rings is 2. The summed E-state index contributed by atoms with van der Waals surface area (Å²) in [6.07, 6.45) is 0. The Balaban J connectivity index is 1.43. The van der Waals surface area contributed by atoms with Crippen LogP contribution >= 0.6 is 11.6 Å². The van der Waals surface area contributed by atoms with Gasteiger partial charge in [0, 0.05) is 5.56 Å². The summed E-state index contributed by atoms with van der Waals surface area (Å²) in [6, 6.07) is 8.77. The number of hydrogen-bond donors (Lipinski definition) is 0. The van der Waals surface area contributed by atoms with E-state index in [4.69, 9.17) is 30.3 Å². The van der Waals surface area contributed by atoms with Crippen molar-refractivity contribution >= 4 is 17.6 Å². The standard InChI is InChI=1S/C17H10ClFN2O5/c18-11-5-10(1-3-12(11)19)17(22)23-7-15-20-16(21-26-15)9-2-4-13-14(6-9)25-8-24-13/h1-6H,7-8H2. The van der Waals surface area contributed by atoms with Gasteiger partial charge in [-0.25, -0.2) is 9.18 Å². The third-order valence-corrected chi connectivity index (χ3v) is 3.87. The van der Waals surface area contributed by atoms with E-state index >= 15 is 0 Å². The quantitative estimate of drug-likeness (QED) is 0.643. The van der Waals surface area contributed by atoms with Gasteiger partial charge < -0.3 is 18.7 Å². The van der Waals surface area contributed by atoms with Crippen LogP contribution in [0.15, 0.2) is 40.9 Å². The molecule has 3 aromatic rings. The SMILES string of the molecule is O=C(OCc1nc(-c2ccc3c(c2)OCO3)no1)c1ccc(F)c(Cl)c1. The normalized spacial score (nSPS) is 12.2. The minimum atomic E-state index is -0.685. The van der Waals surface area contributed by atoms with Crippen LogP contribution in [0.2, 0.25) is 5.02 Å². The van der Waals surface area contributed by atoms with Gasteiger partial charge >= 0.3 is 5.97 Å². The van der Waals surface area contributed by atoms with Crippen LogP contribution in [-0.4, -0.2) is 22.9 Å². The van der Waals surface area contributed by atoms with Gasteiger partial charge in [0.05, 0.1) is 10.6 Å². The topological polar surface area (TPSA) is 83.7 Å². The van der Waals surface area contributed by atoms with Gasteiger partial charge in [0.2, 0.25) is 12.6 Å². The van der Waals surface area contributed by atoms with E-state index in [1.54, 1.807) is 18.2 Å². The second kappa shape index (κ2) is 6.64. The lowest BCUT2D eigenvalue weighted by Gasteiger charge is -2.02. The molecule has 132 valence electrons. The van der Waals surface area contributed by atoms with Crippen molar-refractivity contribution in [2.24, 2.45) is 0 Å². The smallest absolute Gasteiger partial charge is 0.338 e. The Bertz CT molecular complexity index is 991. The Morgan fingerprint density at radius 3 is 2.88 bits per heavy atom. The number of rotatable bonds is 4. The van der Waals surface area contributed by atoms with Crippen LogP contribution in [-0.2, 0) is 11.3 Å². The minimum Gasteiger partial charge on any atom is -0.454 e. The van der Waals surface area contributed by atoms with Crippen LogP contribution in [0.25, 0.3) is 11.4 Å². The molecule has 0 saturated carbocycles. The summed E-state index contributed by atoms with van der Waals surface area (Å²) >= 11 is 5.64. The largest absolute Gasteiger partial charge is 0.454 e. The Hall–Kier alpha value is -3.13. The molecular weight excluding hydrogens is 367 g/mol. The summed E-state index contributed by atoms with van der Waals surface area (Å²) in [5, 5.41) is 3.68. The number of esters is 1. The van der Waals surface area contributed by atoms with Gasteiger partial charge in [0.1, 0.15) is 5.82 Å². The first-order valence-corrected chi connectivity index (χ1v) is 7.83. The van der Waals surface area contributed by atoms with E-state index < -0.39 is 11.8 Å². The number of nitrogens with zero attached hydrogens (tertiary/aromatic N) is 2. The first-order chi connectivity index (χ1) is 12.6. The van der Waals surface area contributed by atoms with Crippen LogP contribution in [0, 0.1) is 5.82 Å². The molecule has 0 radical (unpaired) electrons. The molecule has 0 N–H and O–H groups in total. The first kappa shape index (κ1) is 16.3. The molecule has 9 heteroatoms. The number of carbonyl (C=O) groups excluding carboxylic acids is 1. The van der Waals surface area contributed by atoms with Gasteiger partial charge in [-0.15, -0.1) is 0 Å². The zero-order valence-corrected chi connectivity index (χ0v) is 13.8. The van der Waals surface area contributed by atoms with Crippen molar-refractivity contribution in [3.63, 3.8) is 0 Å². The third-order valence-electron chi connectivity index (χ3n) is 3.58. The Kier molecular flexibility index (Phi) is 4.18. The van der Waals surface area contributed by atoms with Crippen molar-refractivity contribution in [3.8, 4) is 22.9 Å². The van der Waals surface area contributed by atoms with Crippen molar-refractivity contribution in [2.75, 3.05) is 6.79 Å². The van der Waals surface area contributed by atoms with E-state index in [1.807, 2.05) is 0 Å². The second-order valence-electron chi connectivity index (χ2n) is 5.28. The van der Waals surface area contributed by atoms with Gasteiger partial charge in [-0.05, 0) is 36.4 Å². The fourth-order valence-corrected chi connectivity index (χ4v) is 2.48. The Morgan fingerprint density at radius 1 is 1.19 bits per heavy atom. The molecule has 2 aromatic carbocycles. The highest BCUT2D eigenvalue weighted by Gasteiger charge is 2.17. The van der Waals surface area contributed by atoms with E-state index in [-0.39, 0.29) is 29.9 Å². The van der Waals surface area contributed by atoms with Crippen molar-refractivity contribution in [3.05, 3.63) is 58.7 Å². The molecule has 2 heterocycles. The Labute approximate surface area is 151 Å². The molecule has 0 bridgehead atoms. The number of aromatic nitrogens is 2. The van der Waals surface area contributed by atoms with E-state index in [1.165, 1.54) is 12.1 Å². The predicted octanol–water partition coefficient (Wildman–Crippen LogP) is 3.61. The van der Waals surface area contributed by atoms with Gasteiger partial charge in [-0.2, -0.15) is 4.98 Å². The average molecular weight is 377 g/mol. The molecule has 1 aliphatic heterocycles. The summed E-state index contributed by atoms with van der Waals surface area (Å²) in [5.41, 5.74) is 0.785. The van der Waals surface area contributed by atoms with Crippen LogP contribution in [0.3, 0.4) is 0 Å². The molecule has 0 fully saturated rings. The van der Waals surface area contributed by atoms with Crippen LogP contribution in [0.1, 0.15) is 16.2 Å². The highest BCUT2D eigenvalue weighted by atomic mass is 35.5. The fraction of sp³-hybridized carbons (Fsp3) is 0.118. The fourth-order valence-electron chi connectivity index (χ4n) is 2.30. The van der Waals surface area contributed by atoms with E-state index in [0.29, 0.717) is 22.9 Å². The van der Waals surface area contributed by atoms with Crippen molar-refractivity contribution in [1.29, 1.82) is 0 Å². The van der Waals surface area contributed by atoms with Crippen molar-refractivity contribution in [1.82, 2.24) is 10.1 Å². The zero-order valence-electron chi connectivity index (χ0n) is 13.1. The maximum Gasteiger partial charge on any atom is 0.338 e. The molecule has 0 saturated heterocycles. The summed E-state index contributed by atoms with van der Waals surface area (Å²) in [4.78, 5) is 16.1. The molecule has 0 aliphatic carbocycles.